The van der Waals surface area contributed by atoms with Gasteiger partial charge < -0.3 is 61.6 Å². The van der Waals surface area contributed by atoms with Gasteiger partial charge >= 0.3 is 11.9 Å². The Morgan fingerprint density at radius 2 is 1.21 bits per heavy atom. The molecule has 0 aliphatic carbocycles. The number of nitrogens with zero attached hydrogens (tertiary/aromatic N) is 10. The smallest absolute Gasteiger partial charge is 0.360 e. The average Bonchev–Trinajstić information content (AvgIpc) is 4.11. The summed E-state index contributed by atoms with van der Waals surface area (Å²) in [7, 11) is 1.00. The van der Waals surface area contributed by atoms with E-state index < -0.39 is 11.9 Å². The highest BCUT2D eigenvalue weighted by Gasteiger charge is 2.24. The third-order valence-electron chi connectivity index (χ3n) is 9.82. The number of nitrogen functional groups attached to an aromatic ring is 2. The number of anilines is 5. The Morgan fingerprint density at radius 3 is 1.73 bits per heavy atom. The van der Waals surface area contributed by atoms with Gasteiger partial charge in [0, 0.05) is 55.2 Å². The number of carbonyl (C=O) groups is 6. The third-order valence-corrected chi connectivity index (χ3v) is 10.8. The van der Waals surface area contributed by atoms with E-state index in [0.717, 1.165) is 18.2 Å². The van der Waals surface area contributed by atoms with E-state index in [2.05, 4.69) is 66.1 Å². The van der Waals surface area contributed by atoms with Crippen LogP contribution in [0.15, 0.2) is 52.6 Å². The van der Waals surface area contributed by atoms with Crippen LogP contribution in [0.25, 0.3) is 6.08 Å². The van der Waals surface area contributed by atoms with Crippen LogP contribution in [0.2, 0.25) is 15.5 Å². The summed E-state index contributed by atoms with van der Waals surface area (Å²) < 4.78 is 19.6. The molecule has 2 aliphatic heterocycles. The zero-order valence-corrected chi connectivity index (χ0v) is 45.1. The maximum absolute atomic E-state index is 11.6. The molecule has 0 saturated heterocycles. The normalized spacial score (nSPS) is 12.6. The van der Waals surface area contributed by atoms with Gasteiger partial charge in [0.15, 0.2) is 28.7 Å². The standard InChI is InChI=1S/C15H17N5O4.C8H10ClN3O.C8H8ClN3O.C8H12N2O3.C7H6ClN3O.CH4O/c1-3-23-15(22)10-6-11(24-20-10)8(2)18-13-9-4-5-12(21)19-14(9)17-7-16-13;2*1-5(13)2-3-6-7(9)11-4-12-8(6)10;1-3-12-8(11)6-4-7(5(2)9)13-10-6;8-6-4-1-2-5(12)11-7(4)10-3-9-6;1-2/h6-8H,3-5H2,1-2H3,(H2,16,17,18,19,21);4H,2-3H2,1H3,(H2,10,11,12);2-4H,1H3,(H2,10,11,12);4-5H,3,9H2,1-2H3;3H,1-2H2,(H,9,10,11,12);2H,1H3/b;;3-2+;;;/t8-;;;5-;;/m1..1../s1. The molecule has 77 heavy (non-hydrogen) atoms. The van der Waals surface area contributed by atoms with E-state index in [0.29, 0.717) is 101 Å². The SMILES string of the molecule is CC(=O)/C=C/c1c(N)ncnc1Cl.CC(=O)CCc1c(N)ncnc1Cl.CCOC(=O)c1cc([C@@H](C)N)on1.CCOC(=O)c1cc([C@@H](C)Nc2ncnc3c2CCC(=O)N3)on1.CO.O=C1CCc2c(Cl)ncnc2N1. The summed E-state index contributed by atoms with van der Waals surface area (Å²) in [6, 6.07) is 2.47. The molecule has 27 nitrogen and oxygen atoms in total. The summed E-state index contributed by atoms with van der Waals surface area (Å²) in [6.45, 7) is 10.6. The number of aliphatic hydroxyl groups is 1. The number of nitrogens with one attached hydrogen (secondary N) is 3. The number of Topliss-reactive ketones (excluding diaryl/α,β-unsaturated/α-hetero) is 1. The lowest BCUT2D eigenvalue weighted by Gasteiger charge is -2.20. The van der Waals surface area contributed by atoms with Crippen molar-refractivity contribution in [1.29, 1.82) is 0 Å². The van der Waals surface area contributed by atoms with Crippen molar-refractivity contribution in [2.45, 2.75) is 92.2 Å². The highest BCUT2D eigenvalue weighted by molar-refractivity contribution is 6.31. The molecule has 30 heteroatoms. The van der Waals surface area contributed by atoms with E-state index in [1.165, 1.54) is 63.4 Å². The van der Waals surface area contributed by atoms with Gasteiger partial charge in [-0.25, -0.2) is 49.5 Å². The van der Waals surface area contributed by atoms with Gasteiger partial charge in [-0.15, -0.1) is 0 Å². The van der Waals surface area contributed by atoms with E-state index in [-0.39, 0.29) is 64.4 Å². The zero-order chi connectivity index (χ0) is 57.2. The number of hydrogen-bond acceptors (Lipinski definition) is 25. The number of halogens is 3. The Hall–Kier alpha value is -8.11. The quantitative estimate of drug-likeness (QED) is 0.0411. The van der Waals surface area contributed by atoms with Gasteiger partial charge in [-0.3, -0.25) is 14.4 Å². The first kappa shape index (κ1) is 63.2. The number of ketones is 2. The molecule has 0 radical (unpaired) electrons. The van der Waals surface area contributed by atoms with Crippen LogP contribution in [0.3, 0.4) is 0 Å². The summed E-state index contributed by atoms with van der Waals surface area (Å²) in [5, 5.41) is 23.8. The number of fused-ring (bicyclic) bond motifs is 2. The first-order valence-electron chi connectivity index (χ1n) is 23.1. The highest BCUT2D eigenvalue weighted by Crippen LogP contribution is 2.29. The number of amides is 2. The van der Waals surface area contributed by atoms with Crippen molar-refractivity contribution in [2.24, 2.45) is 5.73 Å². The molecule has 6 aromatic heterocycles. The number of esters is 2. The average molecular weight is 1130 g/mol. The maximum atomic E-state index is 11.6. The molecule has 0 bridgehead atoms. The van der Waals surface area contributed by atoms with Crippen LogP contribution in [0.5, 0.6) is 0 Å². The second kappa shape index (κ2) is 32.4. The number of aliphatic hydroxyl groups excluding tert-OH is 1. The summed E-state index contributed by atoms with van der Waals surface area (Å²) in [5.41, 5.74) is 19.7. The van der Waals surface area contributed by atoms with Crippen molar-refractivity contribution in [1.82, 2.24) is 50.2 Å². The number of nitrogens with two attached hydrogens (primary N) is 3. The Bertz CT molecular complexity index is 2950. The Balaban J connectivity index is 0.000000259. The van der Waals surface area contributed by atoms with Gasteiger partial charge in [0.05, 0.1) is 30.9 Å². The van der Waals surface area contributed by atoms with Crippen LogP contribution in [0.1, 0.15) is 128 Å². The van der Waals surface area contributed by atoms with Crippen molar-refractivity contribution in [3.05, 3.63) is 104 Å². The predicted molar refractivity (Wildman–Crippen MR) is 282 cm³/mol. The zero-order valence-electron chi connectivity index (χ0n) is 42.8. The fraction of sp³-hybridized carbons (Fsp3) is 0.362. The molecule has 0 saturated carbocycles. The second-order valence-corrected chi connectivity index (χ2v) is 16.7. The Kier molecular flexibility index (Phi) is 26.6. The topological polar surface area (TPSA) is 410 Å². The lowest BCUT2D eigenvalue weighted by Crippen LogP contribution is -2.22. The molecule has 412 valence electrons. The monoisotopic (exact) mass is 1130 g/mol. The molecule has 2 aliphatic rings. The molecule has 10 N–H and O–H groups in total. The van der Waals surface area contributed by atoms with E-state index in [1.54, 1.807) is 20.8 Å². The van der Waals surface area contributed by atoms with Crippen molar-refractivity contribution >= 4 is 105 Å². The third kappa shape index (κ3) is 20.5. The lowest BCUT2D eigenvalue weighted by molar-refractivity contribution is -0.117. The fourth-order valence-corrected chi connectivity index (χ4v) is 6.69. The van der Waals surface area contributed by atoms with E-state index >= 15 is 0 Å². The number of rotatable bonds is 13. The van der Waals surface area contributed by atoms with Crippen LogP contribution in [-0.2, 0) is 47.9 Å². The molecule has 0 aromatic carbocycles. The minimum absolute atomic E-state index is 0.0164. The lowest BCUT2D eigenvalue weighted by atomic mass is 10.1. The van der Waals surface area contributed by atoms with E-state index in [4.69, 9.17) is 75.6 Å². The van der Waals surface area contributed by atoms with Gasteiger partial charge in [0.1, 0.15) is 75.6 Å². The molecule has 8 heterocycles. The number of hydrogen-bond donors (Lipinski definition) is 7. The molecule has 2 amide bonds. The van der Waals surface area contributed by atoms with Crippen LogP contribution < -0.4 is 33.2 Å². The summed E-state index contributed by atoms with van der Waals surface area (Å²) in [5.74, 6) is 2.16. The molecule has 0 spiro atoms. The van der Waals surface area contributed by atoms with Crippen molar-refractivity contribution in [3.63, 3.8) is 0 Å². The fourth-order valence-electron chi connectivity index (χ4n) is 6.02. The minimum atomic E-state index is -0.526. The van der Waals surface area contributed by atoms with Crippen molar-refractivity contribution < 1.29 is 52.4 Å². The van der Waals surface area contributed by atoms with Gasteiger partial charge in [-0.1, -0.05) is 45.1 Å². The summed E-state index contributed by atoms with van der Waals surface area (Å²) in [6.07, 6.45) is 11.1. The summed E-state index contributed by atoms with van der Waals surface area (Å²) >= 11 is 17.3. The Morgan fingerprint density at radius 1 is 0.714 bits per heavy atom. The first-order chi connectivity index (χ1) is 36.7. The van der Waals surface area contributed by atoms with Crippen molar-refractivity contribution in [3.8, 4) is 0 Å². The van der Waals surface area contributed by atoms with E-state index in [9.17, 15) is 28.8 Å². The van der Waals surface area contributed by atoms with Crippen LogP contribution in [-0.4, -0.2) is 111 Å². The summed E-state index contributed by atoms with van der Waals surface area (Å²) in [4.78, 5) is 97.5. The molecule has 0 fully saturated rings. The molecular formula is C47H57Cl3N16O11. The van der Waals surface area contributed by atoms with Gasteiger partial charge in [-0.05, 0) is 73.0 Å². The van der Waals surface area contributed by atoms with Crippen LogP contribution in [0.4, 0.5) is 29.1 Å². The molecule has 2 atom stereocenters. The largest absolute Gasteiger partial charge is 0.461 e. The second-order valence-electron chi connectivity index (χ2n) is 15.6. The predicted octanol–water partition coefficient (Wildman–Crippen LogP) is 5.74. The number of allylic oxidation sites excluding steroid dienone is 1. The first-order valence-corrected chi connectivity index (χ1v) is 24.2. The van der Waals surface area contributed by atoms with Crippen molar-refractivity contribution in [2.75, 3.05) is 47.7 Å². The van der Waals surface area contributed by atoms with E-state index in [1.807, 2.05) is 6.92 Å². The number of carbonyl (C=O) groups excluding carboxylic acids is 6. The molecule has 6 aromatic rings. The van der Waals surface area contributed by atoms with Crippen LogP contribution in [0, 0.1) is 0 Å². The van der Waals surface area contributed by atoms with Gasteiger partial charge in [0.25, 0.3) is 0 Å². The maximum Gasteiger partial charge on any atom is 0.360 e. The van der Waals surface area contributed by atoms with Gasteiger partial charge in [-0.2, -0.15) is 0 Å². The highest BCUT2D eigenvalue weighted by atomic mass is 35.5. The Labute approximate surface area is 455 Å². The van der Waals surface area contributed by atoms with Crippen LogP contribution >= 0.6 is 34.8 Å². The molecular weight excluding hydrogens is 1070 g/mol. The molecule has 0 unspecified atom stereocenters. The molecule has 8 rings (SSSR count). The number of ether oxygens (including phenoxy) is 2. The number of aromatic nitrogens is 10. The minimum Gasteiger partial charge on any atom is -0.461 e. The van der Waals surface area contributed by atoms with Gasteiger partial charge in [0.2, 0.25) is 11.8 Å².